The summed E-state index contributed by atoms with van der Waals surface area (Å²) in [6, 6.07) is 5.95. The topological polar surface area (TPSA) is 18.5 Å². The molecule has 0 amide bonds. The van der Waals surface area contributed by atoms with Crippen LogP contribution in [0.4, 0.5) is 0 Å². The fraction of sp³-hybridized carbons (Fsp3) is 0.333. The van der Waals surface area contributed by atoms with E-state index in [1.165, 1.54) is 5.56 Å². The van der Waals surface area contributed by atoms with Crippen molar-refractivity contribution >= 4 is 22.6 Å². The molecule has 0 aliphatic carbocycles. The molecule has 0 bridgehead atoms. The van der Waals surface area contributed by atoms with Crippen LogP contribution in [-0.4, -0.2) is 14.2 Å². The van der Waals surface area contributed by atoms with Gasteiger partial charge >= 0.3 is 0 Å². The molecule has 0 spiro atoms. The Balaban J connectivity index is 3.02. The summed E-state index contributed by atoms with van der Waals surface area (Å²) in [5.74, 6) is 1.58. The summed E-state index contributed by atoms with van der Waals surface area (Å²) in [5, 5.41) is 0. The van der Waals surface area contributed by atoms with E-state index in [0.29, 0.717) is 0 Å². The first-order valence-corrected chi connectivity index (χ1v) is 5.11. The molecular formula is C9H11IO2. The Bertz CT molecular complexity index is 261. The third-order valence-corrected chi connectivity index (χ3v) is 2.48. The van der Waals surface area contributed by atoms with E-state index in [2.05, 4.69) is 22.6 Å². The summed E-state index contributed by atoms with van der Waals surface area (Å²) < 4.78 is 11.2. The minimum atomic E-state index is 0.783. The van der Waals surface area contributed by atoms with E-state index in [0.717, 1.165) is 15.9 Å². The Labute approximate surface area is 86.0 Å². The largest absolute Gasteiger partial charge is 0.493 e. The van der Waals surface area contributed by atoms with Crippen molar-refractivity contribution in [1.29, 1.82) is 0 Å². The number of hydrogen-bond acceptors (Lipinski definition) is 2. The van der Waals surface area contributed by atoms with E-state index in [1.807, 2.05) is 18.2 Å². The number of alkyl halides is 1. The zero-order valence-corrected chi connectivity index (χ0v) is 9.29. The van der Waals surface area contributed by atoms with Gasteiger partial charge in [0, 0.05) is 4.43 Å². The normalized spacial score (nSPS) is 9.58. The number of hydrogen-bond donors (Lipinski definition) is 0. The summed E-state index contributed by atoms with van der Waals surface area (Å²) in [7, 11) is 3.29. The highest BCUT2D eigenvalue weighted by Gasteiger charge is 2.02. The average Bonchev–Trinajstić information content (AvgIpc) is 2.16. The molecule has 0 aliphatic rings. The molecule has 0 saturated carbocycles. The summed E-state index contributed by atoms with van der Waals surface area (Å²) in [6.45, 7) is 0. The fourth-order valence-corrected chi connectivity index (χ4v) is 1.44. The molecule has 3 heteroatoms. The SMILES string of the molecule is COc1ccc(CI)cc1OC. The van der Waals surface area contributed by atoms with Crippen LogP contribution in [0.1, 0.15) is 5.56 Å². The van der Waals surface area contributed by atoms with Crippen molar-refractivity contribution in [3.63, 3.8) is 0 Å². The molecule has 0 atom stereocenters. The molecule has 0 unspecified atom stereocenters. The maximum atomic E-state index is 5.15. The molecule has 0 aromatic heterocycles. The van der Waals surface area contributed by atoms with Crippen molar-refractivity contribution in [2.75, 3.05) is 14.2 Å². The molecule has 0 heterocycles. The Morgan fingerprint density at radius 2 is 1.83 bits per heavy atom. The van der Waals surface area contributed by atoms with Gasteiger partial charge in [-0.3, -0.25) is 0 Å². The molecule has 2 nitrogen and oxygen atoms in total. The first-order chi connectivity index (χ1) is 5.81. The first kappa shape index (κ1) is 9.64. The molecule has 0 saturated heterocycles. The van der Waals surface area contributed by atoms with Crippen molar-refractivity contribution in [2.45, 2.75) is 4.43 Å². The molecule has 1 rings (SSSR count). The van der Waals surface area contributed by atoms with Crippen LogP contribution >= 0.6 is 22.6 Å². The lowest BCUT2D eigenvalue weighted by molar-refractivity contribution is 0.354. The maximum Gasteiger partial charge on any atom is 0.161 e. The second-order valence-electron chi connectivity index (χ2n) is 2.32. The van der Waals surface area contributed by atoms with Gasteiger partial charge in [0.05, 0.1) is 14.2 Å². The smallest absolute Gasteiger partial charge is 0.161 e. The third-order valence-electron chi connectivity index (χ3n) is 1.60. The third kappa shape index (κ3) is 2.03. The molecule has 0 N–H and O–H groups in total. The molecule has 12 heavy (non-hydrogen) atoms. The number of rotatable bonds is 3. The molecular weight excluding hydrogens is 267 g/mol. The standard InChI is InChI=1S/C9H11IO2/c1-11-8-4-3-7(6-10)5-9(8)12-2/h3-5H,6H2,1-2H3. The van der Waals surface area contributed by atoms with Crippen LogP contribution in [0.15, 0.2) is 18.2 Å². The lowest BCUT2D eigenvalue weighted by atomic mass is 10.2. The fourth-order valence-electron chi connectivity index (χ4n) is 0.964. The second-order valence-corrected chi connectivity index (χ2v) is 3.09. The Morgan fingerprint density at radius 1 is 1.17 bits per heavy atom. The van der Waals surface area contributed by atoms with E-state index < -0.39 is 0 Å². The van der Waals surface area contributed by atoms with Gasteiger partial charge in [0.1, 0.15) is 0 Å². The summed E-state index contributed by atoms with van der Waals surface area (Å²) in [4.78, 5) is 0. The highest BCUT2D eigenvalue weighted by Crippen LogP contribution is 2.28. The second kappa shape index (κ2) is 4.54. The van der Waals surface area contributed by atoms with Crippen LogP contribution in [0.25, 0.3) is 0 Å². The number of methoxy groups -OCH3 is 2. The van der Waals surface area contributed by atoms with Gasteiger partial charge in [-0.15, -0.1) is 0 Å². The van der Waals surface area contributed by atoms with Crippen molar-refractivity contribution < 1.29 is 9.47 Å². The van der Waals surface area contributed by atoms with Crippen LogP contribution in [0, 0.1) is 0 Å². The highest BCUT2D eigenvalue weighted by atomic mass is 127. The number of ether oxygens (including phenoxy) is 2. The molecule has 1 aromatic rings. The van der Waals surface area contributed by atoms with E-state index in [1.54, 1.807) is 14.2 Å². The predicted molar refractivity (Wildman–Crippen MR) is 57.3 cm³/mol. The van der Waals surface area contributed by atoms with Gasteiger partial charge in [-0.05, 0) is 17.7 Å². The van der Waals surface area contributed by atoms with Gasteiger partial charge in [-0.2, -0.15) is 0 Å². The van der Waals surface area contributed by atoms with Gasteiger partial charge in [-0.1, -0.05) is 28.7 Å². The van der Waals surface area contributed by atoms with Gasteiger partial charge in [0.15, 0.2) is 11.5 Å². The molecule has 1 aromatic carbocycles. The molecule has 66 valence electrons. The first-order valence-electron chi connectivity index (χ1n) is 3.58. The monoisotopic (exact) mass is 278 g/mol. The quantitative estimate of drug-likeness (QED) is 0.625. The number of benzene rings is 1. The molecule has 0 fully saturated rings. The van der Waals surface area contributed by atoms with Crippen LogP contribution in [0.2, 0.25) is 0 Å². The van der Waals surface area contributed by atoms with Crippen LogP contribution in [-0.2, 0) is 4.43 Å². The Morgan fingerprint density at radius 3 is 2.33 bits per heavy atom. The zero-order chi connectivity index (χ0) is 8.97. The maximum absolute atomic E-state index is 5.15. The molecule has 0 radical (unpaired) electrons. The Hall–Kier alpha value is -0.450. The average molecular weight is 278 g/mol. The highest BCUT2D eigenvalue weighted by molar-refractivity contribution is 14.1. The molecule has 0 aliphatic heterocycles. The lowest BCUT2D eigenvalue weighted by Gasteiger charge is -2.07. The van der Waals surface area contributed by atoms with Crippen LogP contribution in [0.3, 0.4) is 0 Å². The van der Waals surface area contributed by atoms with Gasteiger partial charge in [-0.25, -0.2) is 0 Å². The summed E-state index contributed by atoms with van der Waals surface area (Å²) >= 11 is 2.31. The van der Waals surface area contributed by atoms with Crippen molar-refractivity contribution in [1.82, 2.24) is 0 Å². The zero-order valence-electron chi connectivity index (χ0n) is 7.13. The van der Waals surface area contributed by atoms with Crippen molar-refractivity contribution in [3.8, 4) is 11.5 Å². The number of halogens is 1. The lowest BCUT2D eigenvalue weighted by Crippen LogP contribution is -1.91. The van der Waals surface area contributed by atoms with E-state index in [-0.39, 0.29) is 0 Å². The van der Waals surface area contributed by atoms with Crippen molar-refractivity contribution in [3.05, 3.63) is 23.8 Å². The van der Waals surface area contributed by atoms with E-state index in [9.17, 15) is 0 Å². The van der Waals surface area contributed by atoms with Gasteiger partial charge in [0.2, 0.25) is 0 Å². The van der Waals surface area contributed by atoms with E-state index >= 15 is 0 Å². The predicted octanol–water partition coefficient (Wildman–Crippen LogP) is 2.64. The van der Waals surface area contributed by atoms with Gasteiger partial charge < -0.3 is 9.47 Å². The summed E-state index contributed by atoms with van der Waals surface area (Å²) in [5.41, 5.74) is 1.24. The minimum absolute atomic E-state index is 0.783. The van der Waals surface area contributed by atoms with E-state index in [4.69, 9.17) is 9.47 Å². The Kier molecular flexibility index (Phi) is 3.65. The van der Waals surface area contributed by atoms with Crippen molar-refractivity contribution in [2.24, 2.45) is 0 Å². The van der Waals surface area contributed by atoms with Gasteiger partial charge in [0.25, 0.3) is 0 Å². The van der Waals surface area contributed by atoms with Crippen LogP contribution in [0.5, 0.6) is 11.5 Å². The van der Waals surface area contributed by atoms with Crippen LogP contribution < -0.4 is 9.47 Å². The minimum Gasteiger partial charge on any atom is -0.493 e. The summed E-state index contributed by atoms with van der Waals surface area (Å²) in [6.07, 6.45) is 0.